The van der Waals surface area contributed by atoms with E-state index in [1.807, 2.05) is 43.3 Å². The lowest BCUT2D eigenvalue weighted by molar-refractivity contribution is 0.102. The van der Waals surface area contributed by atoms with Gasteiger partial charge in [-0.05, 0) is 60.7 Å². The zero-order chi connectivity index (χ0) is 19.7. The van der Waals surface area contributed by atoms with Crippen LogP contribution in [0.3, 0.4) is 0 Å². The standard InChI is InChI=1S/C22H18FN3O2/c1-26(2)18-9-6-14(7-10-18)22-25-19-13-17(8-11-20(19)28-22)24-21(27)15-4-3-5-16(23)12-15/h3-13H,1-2H3,(H,24,27). The summed E-state index contributed by atoms with van der Waals surface area (Å²) in [4.78, 5) is 18.8. The summed E-state index contributed by atoms with van der Waals surface area (Å²) in [6, 6.07) is 18.6. The van der Waals surface area contributed by atoms with Gasteiger partial charge in [0, 0.05) is 36.6 Å². The molecule has 0 fully saturated rings. The van der Waals surface area contributed by atoms with E-state index in [2.05, 4.69) is 10.3 Å². The number of halogens is 1. The molecule has 5 nitrogen and oxygen atoms in total. The Morgan fingerprint density at radius 1 is 1.04 bits per heavy atom. The van der Waals surface area contributed by atoms with Crippen LogP contribution in [0.15, 0.2) is 71.1 Å². The van der Waals surface area contributed by atoms with E-state index in [4.69, 9.17) is 4.42 Å². The molecule has 0 saturated carbocycles. The smallest absolute Gasteiger partial charge is 0.255 e. The predicted octanol–water partition coefficient (Wildman–Crippen LogP) is 4.95. The number of aromatic nitrogens is 1. The Kier molecular flexibility index (Phi) is 4.53. The molecule has 6 heteroatoms. The lowest BCUT2D eigenvalue weighted by atomic mass is 10.2. The zero-order valence-electron chi connectivity index (χ0n) is 15.4. The molecule has 0 atom stereocenters. The molecule has 1 aromatic heterocycles. The van der Waals surface area contributed by atoms with Crippen molar-refractivity contribution >= 4 is 28.4 Å². The van der Waals surface area contributed by atoms with Crippen LogP contribution in [-0.4, -0.2) is 25.0 Å². The van der Waals surface area contributed by atoms with Crippen LogP contribution in [0.1, 0.15) is 10.4 Å². The van der Waals surface area contributed by atoms with Gasteiger partial charge in [-0.2, -0.15) is 0 Å². The maximum absolute atomic E-state index is 13.3. The quantitative estimate of drug-likeness (QED) is 0.548. The van der Waals surface area contributed by atoms with E-state index in [1.54, 1.807) is 24.3 Å². The number of oxazole rings is 1. The van der Waals surface area contributed by atoms with Gasteiger partial charge in [0.2, 0.25) is 5.89 Å². The SMILES string of the molecule is CN(C)c1ccc(-c2nc3cc(NC(=O)c4cccc(F)c4)ccc3o2)cc1. The van der Waals surface area contributed by atoms with Gasteiger partial charge in [-0.3, -0.25) is 4.79 Å². The number of amides is 1. The van der Waals surface area contributed by atoms with Gasteiger partial charge in [-0.1, -0.05) is 6.07 Å². The number of carbonyl (C=O) groups is 1. The Balaban J connectivity index is 1.58. The van der Waals surface area contributed by atoms with Crippen molar-refractivity contribution in [2.24, 2.45) is 0 Å². The molecule has 1 amide bonds. The third-order valence-electron chi connectivity index (χ3n) is 4.36. The molecule has 1 N–H and O–H groups in total. The molecular formula is C22H18FN3O2. The number of rotatable bonds is 4. The maximum Gasteiger partial charge on any atom is 0.255 e. The molecule has 0 aliphatic heterocycles. The van der Waals surface area contributed by atoms with Gasteiger partial charge in [0.15, 0.2) is 5.58 Å². The van der Waals surface area contributed by atoms with Crippen molar-refractivity contribution in [2.45, 2.75) is 0 Å². The topological polar surface area (TPSA) is 58.4 Å². The first-order chi connectivity index (χ1) is 13.5. The highest BCUT2D eigenvalue weighted by molar-refractivity contribution is 6.04. The molecule has 0 radical (unpaired) electrons. The summed E-state index contributed by atoms with van der Waals surface area (Å²) >= 11 is 0. The molecule has 28 heavy (non-hydrogen) atoms. The number of hydrogen-bond acceptors (Lipinski definition) is 4. The van der Waals surface area contributed by atoms with Crippen LogP contribution in [0.2, 0.25) is 0 Å². The predicted molar refractivity (Wildman–Crippen MR) is 108 cm³/mol. The summed E-state index contributed by atoms with van der Waals surface area (Å²) in [5.41, 5.74) is 4.01. The van der Waals surface area contributed by atoms with Crippen molar-refractivity contribution in [2.75, 3.05) is 24.3 Å². The van der Waals surface area contributed by atoms with Gasteiger partial charge >= 0.3 is 0 Å². The summed E-state index contributed by atoms with van der Waals surface area (Å²) in [6.45, 7) is 0. The molecule has 0 saturated heterocycles. The number of hydrogen-bond donors (Lipinski definition) is 1. The minimum Gasteiger partial charge on any atom is -0.436 e. The molecule has 0 aliphatic rings. The normalized spacial score (nSPS) is 10.8. The van der Waals surface area contributed by atoms with E-state index in [1.165, 1.54) is 18.2 Å². The highest BCUT2D eigenvalue weighted by Crippen LogP contribution is 2.27. The summed E-state index contributed by atoms with van der Waals surface area (Å²) in [7, 11) is 3.96. The van der Waals surface area contributed by atoms with Gasteiger partial charge in [-0.15, -0.1) is 0 Å². The van der Waals surface area contributed by atoms with Crippen molar-refractivity contribution in [1.29, 1.82) is 0 Å². The van der Waals surface area contributed by atoms with Crippen molar-refractivity contribution < 1.29 is 13.6 Å². The van der Waals surface area contributed by atoms with Crippen LogP contribution < -0.4 is 10.2 Å². The average Bonchev–Trinajstić information content (AvgIpc) is 3.11. The fraction of sp³-hybridized carbons (Fsp3) is 0.0909. The second-order valence-corrected chi connectivity index (χ2v) is 6.61. The number of fused-ring (bicyclic) bond motifs is 1. The van der Waals surface area contributed by atoms with Gasteiger partial charge in [0.25, 0.3) is 5.91 Å². The van der Waals surface area contributed by atoms with Crippen molar-refractivity contribution in [3.63, 3.8) is 0 Å². The lowest BCUT2D eigenvalue weighted by Gasteiger charge is -2.11. The van der Waals surface area contributed by atoms with Crippen LogP contribution in [0.4, 0.5) is 15.8 Å². The first kappa shape index (κ1) is 17.7. The van der Waals surface area contributed by atoms with E-state index in [0.29, 0.717) is 22.7 Å². The monoisotopic (exact) mass is 375 g/mol. The van der Waals surface area contributed by atoms with E-state index in [0.717, 1.165) is 11.3 Å². The molecule has 140 valence electrons. The van der Waals surface area contributed by atoms with Crippen LogP contribution in [0.5, 0.6) is 0 Å². The molecule has 4 aromatic rings. The lowest BCUT2D eigenvalue weighted by Crippen LogP contribution is -2.11. The molecule has 0 spiro atoms. The Morgan fingerprint density at radius 3 is 2.54 bits per heavy atom. The number of carbonyl (C=O) groups excluding carboxylic acids is 1. The summed E-state index contributed by atoms with van der Waals surface area (Å²) in [5, 5.41) is 2.75. The fourth-order valence-corrected chi connectivity index (χ4v) is 2.86. The van der Waals surface area contributed by atoms with Crippen LogP contribution in [0, 0.1) is 5.82 Å². The molecule has 0 unspecified atom stereocenters. The van der Waals surface area contributed by atoms with Gasteiger partial charge in [0.1, 0.15) is 11.3 Å². The highest BCUT2D eigenvalue weighted by atomic mass is 19.1. The molecule has 1 heterocycles. The summed E-state index contributed by atoms with van der Waals surface area (Å²) in [5.74, 6) is -0.333. The summed E-state index contributed by atoms with van der Waals surface area (Å²) in [6.07, 6.45) is 0. The minimum absolute atomic E-state index is 0.252. The van der Waals surface area contributed by atoms with Crippen LogP contribution in [-0.2, 0) is 0 Å². The van der Waals surface area contributed by atoms with Crippen LogP contribution in [0.25, 0.3) is 22.6 Å². The fourth-order valence-electron chi connectivity index (χ4n) is 2.86. The van der Waals surface area contributed by atoms with E-state index in [9.17, 15) is 9.18 Å². The molecule has 4 rings (SSSR count). The first-order valence-electron chi connectivity index (χ1n) is 8.75. The van der Waals surface area contributed by atoms with Crippen molar-refractivity contribution in [1.82, 2.24) is 4.98 Å². The largest absolute Gasteiger partial charge is 0.436 e. The van der Waals surface area contributed by atoms with E-state index >= 15 is 0 Å². The van der Waals surface area contributed by atoms with Gasteiger partial charge < -0.3 is 14.6 Å². The highest BCUT2D eigenvalue weighted by Gasteiger charge is 2.11. The Bertz CT molecular complexity index is 1150. The molecular weight excluding hydrogens is 357 g/mol. The number of nitrogens with zero attached hydrogens (tertiary/aromatic N) is 2. The second-order valence-electron chi connectivity index (χ2n) is 6.61. The Labute approximate surface area is 161 Å². The van der Waals surface area contributed by atoms with Crippen molar-refractivity contribution in [3.05, 3.63) is 78.1 Å². The van der Waals surface area contributed by atoms with E-state index < -0.39 is 5.82 Å². The third kappa shape index (κ3) is 3.57. The van der Waals surface area contributed by atoms with Gasteiger partial charge in [-0.25, -0.2) is 9.37 Å². The zero-order valence-corrected chi connectivity index (χ0v) is 15.4. The Morgan fingerprint density at radius 2 is 1.82 bits per heavy atom. The average molecular weight is 375 g/mol. The minimum atomic E-state index is -0.454. The number of nitrogens with one attached hydrogen (secondary N) is 1. The van der Waals surface area contributed by atoms with Crippen molar-refractivity contribution in [3.8, 4) is 11.5 Å². The second kappa shape index (κ2) is 7.15. The molecule has 0 aliphatic carbocycles. The van der Waals surface area contributed by atoms with E-state index in [-0.39, 0.29) is 11.5 Å². The Hall–Kier alpha value is -3.67. The first-order valence-corrected chi connectivity index (χ1v) is 8.75. The summed E-state index contributed by atoms with van der Waals surface area (Å²) < 4.78 is 19.1. The van der Waals surface area contributed by atoms with Crippen LogP contribution >= 0.6 is 0 Å². The third-order valence-corrected chi connectivity index (χ3v) is 4.36. The maximum atomic E-state index is 13.3. The number of benzene rings is 3. The molecule has 0 bridgehead atoms. The number of anilines is 2. The molecule has 3 aromatic carbocycles. The van der Waals surface area contributed by atoms with Gasteiger partial charge in [0.05, 0.1) is 0 Å².